The zero-order valence-electron chi connectivity index (χ0n) is 12.3. The molecule has 1 saturated heterocycles. The van der Waals surface area contributed by atoms with E-state index < -0.39 is 5.97 Å². The van der Waals surface area contributed by atoms with Crippen molar-refractivity contribution in [2.45, 2.75) is 23.8 Å². The summed E-state index contributed by atoms with van der Waals surface area (Å²) < 4.78 is 0. The monoisotopic (exact) mass is 294 g/mol. The summed E-state index contributed by atoms with van der Waals surface area (Å²) in [6.45, 7) is 1.84. The quantitative estimate of drug-likeness (QED) is 0.865. The summed E-state index contributed by atoms with van der Waals surface area (Å²) in [5.74, 6) is -0.834. The Morgan fingerprint density at radius 2 is 2.00 bits per heavy atom. The first-order valence-corrected chi connectivity index (χ1v) is 8.08. The summed E-state index contributed by atoms with van der Waals surface area (Å²) in [6, 6.07) is 6.36. The number of thioether (sulfide) groups is 1. The third-order valence-electron chi connectivity index (χ3n) is 3.97. The minimum Gasteiger partial charge on any atom is -0.478 e. The Labute approximate surface area is 124 Å². The molecule has 0 atom stereocenters. The molecule has 1 N–H and O–H groups in total. The second kappa shape index (κ2) is 6.50. The van der Waals surface area contributed by atoms with Crippen molar-refractivity contribution in [3.8, 4) is 0 Å². The number of nitrogens with zero attached hydrogens (tertiary/aromatic N) is 2. The third-order valence-corrected chi connectivity index (χ3v) is 4.75. The second-order valence-electron chi connectivity index (χ2n) is 5.34. The zero-order chi connectivity index (χ0) is 14.7. The summed E-state index contributed by atoms with van der Waals surface area (Å²) in [7, 11) is 4.22. The maximum absolute atomic E-state index is 11.6. The van der Waals surface area contributed by atoms with Gasteiger partial charge in [-0.05, 0) is 45.3 Å². The van der Waals surface area contributed by atoms with E-state index >= 15 is 0 Å². The molecule has 0 bridgehead atoms. The Morgan fingerprint density at radius 3 is 2.50 bits per heavy atom. The van der Waals surface area contributed by atoms with E-state index in [1.165, 1.54) is 11.8 Å². The first kappa shape index (κ1) is 15.2. The molecule has 0 radical (unpaired) electrons. The molecule has 0 spiro atoms. The van der Waals surface area contributed by atoms with E-state index in [-0.39, 0.29) is 0 Å². The second-order valence-corrected chi connectivity index (χ2v) is 6.19. The number of carbonyl (C=O) groups is 1. The highest BCUT2D eigenvalue weighted by Crippen LogP contribution is 2.31. The van der Waals surface area contributed by atoms with Gasteiger partial charge in [-0.15, -0.1) is 11.8 Å². The average Bonchev–Trinajstić information content (AvgIpc) is 2.46. The van der Waals surface area contributed by atoms with Crippen LogP contribution in [0.4, 0.5) is 5.69 Å². The Kier molecular flexibility index (Phi) is 4.94. The van der Waals surface area contributed by atoms with Crippen LogP contribution in [0, 0.1) is 0 Å². The zero-order valence-corrected chi connectivity index (χ0v) is 13.1. The Morgan fingerprint density at radius 1 is 1.35 bits per heavy atom. The third kappa shape index (κ3) is 3.10. The first-order valence-electron chi connectivity index (χ1n) is 6.86. The molecule has 5 heteroatoms. The van der Waals surface area contributed by atoms with Crippen molar-refractivity contribution in [3.63, 3.8) is 0 Å². The predicted molar refractivity (Wildman–Crippen MR) is 84.1 cm³/mol. The minimum absolute atomic E-state index is 0.448. The van der Waals surface area contributed by atoms with E-state index in [2.05, 4.69) is 23.9 Å². The molecular weight excluding hydrogens is 272 g/mol. The molecule has 4 nitrogen and oxygen atoms in total. The fraction of sp³-hybridized carbons (Fsp3) is 0.533. The predicted octanol–water partition coefficient (Wildman–Crippen LogP) is 2.64. The van der Waals surface area contributed by atoms with Gasteiger partial charge in [0.25, 0.3) is 0 Å². The number of benzene rings is 1. The number of carboxylic acids is 1. The topological polar surface area (TPSA) is 43.8 Å². The smallest absolute Gasteiger partial charge is 0.338 e. The number of carboxylic acid groups (broad SMARTS) is 1. The Bertz CT molecular complexity index is 483. The number of aromatic carboxylic acids is 1. The van der Waals surface area contributed by atoms with E-state index in [0.717, 1.165) is 36.5 Å². The van der Waals surface area contributed by atoms with Crippen molar-refractivity contribution < 1.29 is 9.90 Å². The molecule has 20 heavy (non-hydrogen) atoms. The van der Waals surface area contributed by atoms with Crippen LogP contribution in [-0.2, 0) is 0 Å². The molecule has 0 aromatic heterocycles. The van der Waals surface area contributed by atoms with Crippen LogP contribution >= 0.6 is 11.8 Å². The van der Waals surface area contributed by atoms with Gasteiger partial charge in [0.2, 0.25) is 0 Å². The van der Waals surface area contributed by atoms with Crippen LogP contribution in [0.1, 0.15) is 23.2 Å². The van der Waals surface area contributed by atoms with Crippen LogP contribution in [0.2, 0.25) is 0 Å². The van der Waals surface area contributed by atoms with Gasteiger partial charge in [-0.25, -0.2) is 4.79 Å². The number of anilines is 1. The van der Waals surface area contributed by atoms with Crippen LogP contribution in [-0.4, -0.2) is 55.5 Å². The molecule has 110 valence electrons. The van der Waals surface area contributed by atoms with Gasteiger partial charge in [0.1, 0.15) is 0 Å². The molecular formula is C15H22N2O2S. The van der Waals surface area contributed by atoms with Gasteiger partial charge in [0, 0.05) is 24.0 Å². The molecule has 2 rings (SSSR count). The summed E-state index contributed by atoms with van der Waals surface area (Å²) in [6.07, 6.45) is 4.08. The van der Waals surface area contributed by atoms with Crippen molar-refractivity contribution in [1.82, 2.24) is 4.90 Å². The fourth-order valence-corrected chi connectivity index (χ4v) is 3.40. The maximum atomic E-state index is 11.6. The van der Waals surface area contributed by atoms with Gasteiger partial charge in [-0.2, -0.15) is 0 Å². The average molecular weight is 294 g/mol. The highest BCUT2D eigenvalue weighted by atomic mass is 32.2. The van der Waals surface area contributed by atoms with Crippen LogP contribution < -0.4 is 4.90 Å². The number of hydrogen-bond donors (Lipinski definition) is 1. The standard InChI is InChI=1S/C15H22N2O2S/c1-16(2)11-7-9-17(10-8-11)12-5-4-6-13(20-3)14(12)15(18)19/h4-6,11H,7-10H2,1-3H3,(H,18,19). The molecule has 0 saturated carbocycles. The van der Waals surface area contributed by atoms with Crippen LogP contribution in [0.25, 0.3) is 0 Å². The van der Waals surface area contributed by atoms with Crippen molar-refractivity contribution in [2.24, 2.45) is 0 Å². The molecule has 1 aliphatic rings. The molecule has 1 fully saturated rings. The number of piperidine rings is 1. The van der Waals surface area contributed by atoms with Gasteiger partial charge < -0.3 is 14.9 Å². The minimum atomic E-state index is -0.834. The van der Waals surface area contributed by atoms with E-state index in [1.807, 2.05) is 24.5 Å². The first-order chi connectivity index (χ1) is 9.54. The summed E-state index contributed by atoms with van der Waals surface area (Å²) in [5.41, 5.74) is 1.31. The highest BCUT2D eigenvalue weighted by Gasteiger charge is 2.25. The molecule has 0 unspecified atom stereocenters. The summed E-state index contributed by atoms with van der Waals surface area (Å²) in [5, 5.41) is 9.50. The van der Waals surface area contributed by atoms with Gasteiger partial charge in [-0.3, -0.25) is 0 Å². The summed E-state index contributed by atoms with van der Waals surface area (Å²) >= 11 is 1.49. The van der Waals surface area contributed by atoms with Gasteiger partial charge in [0.15, 0.2) is 0 Å². The van der Waals surface area contributed by atoms with E-state index in [9.17, 15) is 9.90 Å². The lowest BCUT2D eigenvalue weighted by molar-refractivity contribution is 0.0693. The SMILES string of the molecule is CSc1cccc(N2CCC(N(C)C)CC2)c1C(=O)O. The Hall–Kier alpha value is -1.20. The number of rotatable bonds is 4. The van der Waals surface area contributed by atoms with Crippen molar-refractivity contribution >= 4 is 23.4 Å². The van der Waals surface area contributed by atoms with Crippen LogP contribution in [0.3, 0.4) is 0 Å². The molecule has 0 aliphatic carbocycles. The molecule has 1 aliphatic heterocycles. The number of hydrogen-bond acceptors (Lipinski definition) is 4. The normalized spacial score (nSPS) is 16.7. The van der Waals surface area contributed by atoms with E-state index in [0.29, 0.717) is 11.6 Å². The largest absolute Gasteiger partial charge is 0.478 e. The Balaban J connectivity index is 2.24. The summed E-state index contributed by atoms with van der Waals surface area (Å²) in [4.78, 5) is 16.9. The van der Waals surface area contributed by atoms with Gasteiger partial charge in [0.05, 0.1) is 11.3 Å². The van der Waals surface area contributed by atoms with Crippen molar-refractivity contribution in [1.29, 1.82) is 0 Å². The molecule has 1 heterocycles. The lowest BCUT2D eigenvalue weighted by Crippen LogP contribution is -2.42. The highest BCUT2D eigenvalue weighted by molar-refractivity contribution is 7.98. The lowest BCUT2D eigenvalue weighted by atomic mass is 10.0. The maximum Gasteiger partial charge on any atom is 0.338 e. The van der Waals surface area contributed by atoms with Crippen molar-refractivity contribution in [2.75, 3.05) is 38.3 Å². The van der Waals surface area contributed by atoms with Crippen molar-refractivity contribution in [3.05, 3.63) is 23.8 Å². The fourth-order valence-electron chi connectivity index (χ4n) is 2.79. The van der Waals surface area contributed by atoms with Crippen LogP contribution in [0.5, 0.6) is 0 Å². The molecule has 1 aromatic carbocycles. The van der Waals surface area contributed by atoms with Crippen LogP contribution in [0.15, 0.2) is 23.1 Å². The van der Waals surface area contributed by atoms with E-state index in [1.54, 1.807) is 0 Å². The van der Waals surface area contributed by atoms with E-state index in [4.69, 9.17) is 0 Å². The van der Waals surface area contributed by atoms with Gasteiger partial charge in [-0.1, -0.05) is 6.07 Å². The van der Waals surface area contributed by atoms with Gasteiger partial charge >= 0.3 is 5.97 Å². The lowest BCUT2D eigenvalue weighted by Gasteiger charge is -2.37. The molecule has 1 aromatic rings. The molecule has 0 amide bonds.